The standard InChI is InChI=1S/C70H119NO8/c1-3-5-7-9-11-13-15-17-19-20-21-22-23-24-25-26-27-28-29-30-31-32-33-34-35-36-37-38-39-40-41-42-43-44-46-48-50-52-54-56-58-60-66(74)71-63(62-78-70-69(77)68(76)67(75)65(61-72)79-70)64(73)59-57-55-53-51-49-47-45-18-16-14-12-10-8-6-4-2/h5,7,11,13,16-19,21-22,24-25,27-28,30-31,49,51,57,59,63-65,67-70,72-73,75-77H,3-4,6,8-10,12,14-15,20,23,26,29,32-48,50,52-56,58,60-62H2,1-2H3,(H,71,74)/b7-5-,13-11-,18-16+,19-17-,22-21-,25-24-,28-27-,31-30-,51-49+,59-57+. The summed E-state index contributed by atoms with van der Waals surface area (Å²) in [7, 11) is 0. The highest BCUT2D eigenvalue weighted by atomic mass is 16.7. The molecule has 0 bridgehead atoms. The molecule has 1 fully saturated rings. The van der Waals surface area contributed by atoms with E-state index in [0.717, 1.165) is 96.3 Å². The Morgan fingerprint density at radius 3 is 1.22 bits per heavy atom. The Hall–Kier alpha value is -3.41. The van der Waals surface area contributed by atoms with Crippen molar-refractivity contribution in [2.24, 2.45) is 0 Å². The number of allylic oxidation sites excluding steroid dienone is 19. The van der Waals surface area contributed by atoms with Crippen LogP contribution in [0.5, 0.6) is 0 Å². The van der Waals surface area contributed by atoms with E-state index >= 15 is 0 Å². The van der Waals surface area contributed by atoms with Crippen LogP contribution < -0.4 is 5.32 Å². The molecule has 1 aliphatic heterocycles. The van der Waals surface area contributed by atoms with Crippen LogP contribution in [-0.2, 0) is 14.3 Å². The summed E-state index contributed by atoms with van der Waals surface area (Å²) >= 11 is 0. The number of amides is 1. The highest BCUT2D eigenvalue weighted by Gasteiger charge is 2.44. The summed E-state index contributed by atoms with van der Waals surface area (Å²) in [6, 6.07) is -0.833. The summed E-state index contributed by atoms with van der Waals surface area (Å²) in [6.07, 6.45) is 80.1. The number of aliphatic hydroxyl groups excluding tert-OH is 5. The molecule has 9 nitrogen and oxygen atoms in total. The highest BCUT2D eigenvalue weighted by molar-refractivity contribution is 5.76. The number of hydrogen-bond acceptors (Lipinski definition) is 8. The van der Waals surface area contributed by atoms with Crippen molar-refractivity contribution in [1.29, 1.82) is 0 Å². The molecule has 0 radical (unpaired) electrons. The van der Waals surface area contributed by atoms with Crippen molar-refractivity contribution in [3.05, 3.63) is 122 Å². The largest absolute Gasteiger partial charge is 0.394 e. The van der Waals surface area contributed by atoms with Crippen molar-refractivity contribution in [2.45, 2.75) is 301 Å². The number of unbranched alkanes of at least 4 members (excludes halogenated alkanes) is 26. The Labute approximate surface area is 484 Å². The molecular weight excluding hydrogens is 983 g/mol. The van der Waals surface area contributed by atoms with Gasteiger partial charge < -0.3 is 40.3 Å². The quantitative estimate of drug-likeness (QED) is 0.0261. The maximum atomic E-state index is 13.1. The lowest BCUT2D eigenvalue weighted by Gasteiger charge is -2.40. The van der Waals surface area contributed by atoms with Crippen LogP contribution in [0, 0.1) is 0 Å². The Bertz CT molecular complexity index is 1660. The Kier molecular flexibility index (Phi) is 53.9. The van der Waals surface area contributed by atoms with Crippen LogP contribution in [-0.4, -0.2) is 87.5 Å². The van der Waals surface area contributed by atoms with Crippen molar-refractivity contribution in [3.8, 4) is 0 Å². The summed E-state index contributed by atoms with van der Waals surface area (Å²) in [5.74, 6) is -0.192. The SMILES string of the molecule is CC/C=C\C/C=C\C/C=C\C/C=C\C/C=C\C/C=C\C/C=C\CCCCCCCCCCCCCCCCCCCCCC(=O)NC(COC1OC(CO)C(O)C(O)C1O)C(O)/C=C/CC/C=C/CC/C=C/CCCCCCC. The van der Waals surface area contributed by atoms with Gasteiger partial charge in [0.15, 0.2) is 6.29 Å². The molecule has 0 aromatic carbocycles. The van der Waals surface area contributed by atoms with Crippen molar-refractivity contribution < 1.29 is 39.8 Å². The van der Waals surface area contributed by atoms with E-state index in [1.54, 1.807) is 6.08 Å². The van der Waals surface area contributed by atoms with Gasteiger partial charge in [-0.3, -0.25) is 4.79 Å². The number of hydrogen-bond donors (Lipinski definition) is 6. The van der Waals surface area contributed by atoms with Crippen LogP contribution in [0.3, 0.4) is 0 Å². The molecule has 79 heavy (non-hydrogen) atoms. The van der Waals surface area contributed by atoms with Gasteiger partial charge in [-0.1, -0.05) is 270 Å². The van der Waals surface area contributed by atoms with E-state index in [1.807, 2.05) is 6.08 Å². The lowest BCUT2D eigenvalue weighted by atomic mass is 9.99. The number of carbonyl (C=O) groups is 1. The summed E-state index contributed by atoms with van der Waals surface area (Å²) in [6.45, 7) is 3.62. The van der Waals surface area contributed by atoms with Crippen LogP contribution >= 0.6 is 0 Å². The molecule has 0 spiro atoms. The van der Waals surface area contributed by atoms with Gasteiger partial charge >= 0.3 is 0 Å². The van der Waals surface area contributed by atoms with E-state index in [1.165, 1.54) is 141 Å². The zero-order valence-electron chi connectivity index (χ0n) is 50.3. The summed E-state index contributed by atoms with van der Waals surface area (Å²) in [4.78, 5) is 13.1. The molecule has 0 saturated carbocycles. The molecule has 0 aromatic rings. The average Bonchev–Trinajstić information content (AvgIpc) is 3.46. The number of carbonyl (C=O) groups excluding carboxylic acids is 1. The summed E-state index contributed by atoms with van der Waals surface area (Å²) < 4.78 is 11.3. The first-order valence-electron chi connectivity index (χ1n) is 32.3. The van der Waals surface area contributed by atoms with Gasteiger partial charge in [-0.15, -0.1) is 0 Å². The smallest absolute Gasteiger partial charge is 0.220 e. The van der Waals surface area contributed by atoms with E-state index in [2.05, 4.69) is 129 Å². The van der Waals surface area contributed by atoms with E-state index in [0.29, 0.717) is 6.42 Å². The maximum Gasteiger partial charge on any atom is 0.220 e. The van der Waals surface area contributed by atoms with E-state index < -0.39 is 49.5 Å². The van der Waals surface area contributed by atoms with Gasteiger partial charge in [0.1, 0.15) is 24.4 Å². The third kappa shape index (κ3) is 46.9. The van der Waals surface area contributed by atoms with Gasteiger partial charge in [0.05, 0.1) is 25.4 Å². The van der Waals surface area contributed by atoms with Crippen LogP contribution in [0.2, 0.25) is 0 Å². The van der Waals surface area contributed by atoms with E-state index in [-0.39, 0.29) is 12.5 Å². The number of ether oxygens (including phenoxy) is 2. The molecule has 0 aliphatic carbocycles. The van der Waals surface area contributed by atoms with Crippen molar-refractivity contribution in [1.82, 2.24) is 5.32 Å². The van der Waals surface area contributed by atoms with Gasteiger partial charge in [-0.25, -0.2) is 0 Å². The van der Waals surface area contributed by atoms with Crippen LogP contribution in [0.15, 0.2) is 122 Å². The second-order valence-electron chi connectivity index (χ2n) is 21.8. The first-order valence-corrected chi connectivity index (χ1v) is 32.3. The zero-order valence-corrected chi connectivity index (χ0v) is 50.3. The molecule has 6 N–H and O–H groups in total. The minimum Gasteiger partial charge on any atom is -0.394 e. The second-order valence-corrected chi connectivity index (χ2v) is 21.8. The first-order chi connectivity index (χ1) is 38.8. The monoisotopic (exact) mass is 1100 g/mol. The third-order valence-corrected chi connectivity index (χ3v) is 14.5. The molecule has 1 amide bonds. The predicted octanol–water partition coefficient (Wildman–Crippen LogP) is 17.1. The molecule has 0 aromatic heterocycles. The van der Waals surface area contributed by atoms with Crippen molar-refractivity contribution >= 4 is 5.91 Å². The first kappa shape index (κ1) is 73.6. The molecule has 7 atom stereocenters. The predicted molar refractivity (Wildman–Crippen MR) is 336 cm³/mol. The molecule has 1 heterocycles. The summed E-state index contributed by atoms with van der Waals surface area (Å²) in [5.41, 5.74) is 0. The maximum absolute atomic E-state index is 13.1. The fourth-order valence-electron chi connectivity index (χ4n) is 9.46. The van der Waals surface area contributed by atoms with Gasteiger partial charge in [0.25, 0.3) is 0 Å². The molecule has 9 heteroatoms. The van der Waals surface area contributed by atoms with Crippen LogP contribution in [0.25, 0.3) is 0 Å². The Balaban J connectivity index is 2.09. The Morgan fingerprint density at radius 1 is 0.443 bits per heavy atom. The topological polar surface area (TPSA) is 149 Å². The molecule has 452 valence electrons. The van der Waals surface area contributed by atoms with Gasteiger partial charge in [-0.05, 0) is 103 Å². The number of rotatable bonds is 54. The highest BCUT2D eigenvalue weighted by Crippen LogP contribution is 2.23. The molecular formula is C70H119NO8. The van der Waals surface area contributed by atoms with E-state index in [4.69, 9.17) is 9.47 Å². The minimum absolute atomic E-state index is 0.192. The van der Waals surface area contributed by atoms with Gasteiger partial charge in [-0.2, -0.15) is 0 Å². The Morgan fingerprint density at radius 2 is 0.797 bits per heavy atom. The molecule has 7 unspecified atom stereocenters. The fraction of sp³-hybridized carbons (Fsp3) is 0.700. The molecule has 1 aliphatic rings. The lowest BCUT2D eigenvalue weighted by Crippen LogP contribution is -2.60. The fourth-order valence-corrected chi connectivity index (χ4v) is 9.46. The van der Waals surface area contributed by atoms with E-state index in [9.17, 15) is 30.3 Å². The average molecular weight is 1100 g/mol. The number of aliphatic hydroxyl groups is 5. The lowest BCUT2D eigenvalue weighted by molar-refractivity contribution is -0.302. The van der Waals surface area contributed by atoms with Gasteiger partial charge in [0, 0.05) is 6.42 Å². The number of nitrogens with one attached hydrogen (secondary N) is 1. The van der Waals surface area contributed by atoms with Gasteiger partial charge in [0.2, 0.25) is 5.91 Å². The minimum atomic E-state index is -1.58. The van der Waals surface area contributed by atoms with Crippen molar-refractivity contribution in [3.63, 3.8) is 0 Å². The molecule has 1 rings (SSSR count). The zero-order chi connectivity index (χ0) is 57.2. The molecule has 1 saturated heterocycles. The summed E-state index contributed by atoms with van der Waals surface area (Å²) in [5, 5.41) is 54.5. The van der Waals surface area contributed by atoms with Crippen LogP contribution in [0.1, 0.15) is 258 Å². The third-order valence-electron chi connectivity index (χ3n) is 14.5. The van der Waals surface area contributed by atoms with Crippen LogP contribution in [0.4, 0.5) is 0 Å². The van der Waals surface area contributed by atoms with Crippen molar-refractivity contribution in [2.75, 3.05) is 13.2 Å². The normalized spacial score (nSPS) is 19.4. The second kappa shape index (κ2) is 57.8.